The summed E-state index contributed by atoms with van der Waals surface area (Å²) in [6, 6.07) is 7.34. The Morgan fingerprint density at radius 3 is 2.86 bits per heavy atom. The van der Waals surface area contributed by atoms with Gasteiger partial charge in [0.2, 0.25) is 5.91 Å². The number of Topliss-reactive ketones (excluding diaryl/α,β-unsaturated/α-hetero) is 1. The lowest BCUT2D eigenvalue weighted by Crippen LogP contribution is -2.45. The zero-order chi connectivity index (χ0) is 15.0. The van der Waals surface area contributed by atoms with Crippen molar-refractivity contribution in [3.63, 3.8) is 0 Å². The number of ether oxygens (including phenoxy) is 1. The number of amides is 1. The molecule has 21 heavy (non-hydrogen) atoms. The minimum absolute atomic E-state index is 0.00165. The van der Waals surface area contributed by atoms with E-state index in [0.29, 0.717) is 37.2 Å². The largest absolute Gasteiger partial charge is 0.484 e. The number of rotatable bonds is 1. The summed E-state index contributed by atoms with van der Waals surface area (Å²) in [6.07, 6.45) is 2.69. The summed E-state index contributed by atoms with van der Waals surface area (Å²) < 4.78 is 6.10. The molecular formula is C17H19NO3. The molecule has 4 heteroatoms. The summed E-state index contributed by atoms with van der Waals surface area (Å²) in [5, 5.41) is 0. The predicted molar refractivity (Wildman–Crippen MR) is 79.4 cm³/mol. The van der Waals surface area contributed by atoms with Crippen LogP contribution in [0.15, 0.2) is 35.9 Å². The van der Waals surface area contributed by atoms with E-state index in [9.17, 15) is 9.59 Å². The van der Waals surface area contributed by atoms with Crippen LogP contribution >= 0.6 is 0 Å². The van der Waals surface area contributed by atoms with Gasteiger partial charge in [-0.15, -0.1) is 0 Å². The molecule has 1 spiro atoms. The van der Waals surface area contributed by atoms with Crippen LogP contribution in [0.25, 0.3) is 0 Å². The molecule has 1 saturated heterocycles. The quantitative estimate of drug-likeness (QED) is 0.745. The molecular weight excluding hydrogens is 266 g/mol. The fourth-order valence-corrected chi connectivity index (χ4v) is 3.04. The van der Waals surface area contributed by atoms with Crippen molar-refractivity contribution in [2.75, 3.05) is 13.1 Å². The molecule has 0 saturated carbocycles. The first kappa shape index (κ1) is 13.9. The molecule has 1 fully saturated rings. The van der Waals surface area contributed by atoms with Gasteiger partial charge in [-0.2, -0.15) is 0 Å². The minimum Gasteiger partial charge on any atom is -0.484 e. The Labute approximate surface area is 124 Å². The normalized spacial score (nSPS) is 23.7. The summed E-state index contributed by atoms with van der Waals surface area (Å²) >= 11 is 0. The smallest absolute Gasteiger partial charge is 0.246 e. The summed E-state index contributed by atoms with van der Waals surface area (Å²) in [7, 11) is 0. The van der Waals surface area contributed by atoms with Crippen molar-refractivity contribution >= 4 is 11.7 Å². The first-order chi connectivity index (χ1) is 9.99. The van der Waals surface area contributed by atoms with Gasteiger partial charge in [0, 0.05) is 19.0 Å². The summed E-state index contributed by atoms with van der Waals surface area (Å²) in [5.41, 5.74) is 1.08. The fraction of sp³-hybridized carbons (Fsp3) is 0.412. The number of benzene rings is 1. The van der Waals surface area contributed by atoms with Gasteiger partial charge in [-0.25, -0.2) is 0 Å². The van der Waals surface area contributed by atoms with E-state index in [1.807, 2.05) is 32.0 Å². The molecule has 1 aromatic carbocycles. The highest BCUT2D eigenvalue weighted by Gasteiger charge is 2.46. The average molecular weight is 285 g/mol. The number of hydrogen-bond donors (Lipinski definition) is 0. The summed E-state index contributed by atoms with van der Waals surface area (Å²) in [4.78, 5) is 26.2. The van der Waals surface area contributed by atoms with E-state index in [1.54, 1.807) is 17.0 Å². The summed E-state index contributed by atoms with van der Waals surface area (Å²) in [5.74, 6) is 0.750. The van der Waals surface area contributed by atoms with Crippen LogP contribution < -0.4 is 4.74 Å². The minimum atomic E-state index is -0.545. The van der Waals surface area contributed by atoms with Gasteiger partial charge in [-0.3, -0.25) is 9.59 Å². The predicted octanol–water partition coefficient (Wildman–Crippen LogP) is 2.59. The number of allylic oxidation sites excluding steroid dienone is 1. The number of carbonyl (C=O) groups is 2. The van der Waals surface area contributed by atoms with Crippen LogP contribution in [0.5, 0.6) is 5.75 Å². The SMILES string of the molecule is CC(C)=CC(=O)N1CCC2(CC(=O)c3ccccc3O2)C1. The maximum Gasteiger partial charge on any atom is 0.246 e. The number of carbonyl (C=O) groups excluding carboxylic acids is 2. The van der Waals surface area contributed by atoms with Gasteiger partial charge in [0.1, 0.15) is 11.4 Å². The van der Waals surface area contributed by atoms with Gasteiger partial charge in [-0.05, 0) is 26.0 Å². The topological polar surface area (TPSA) is 46.6 Å². The van der Waals surface area contributed by atoms with Crippen LogP contribution in [-0.2, 0) is 4.79 Å². The van der Waals surface area contributed by atoms with E-state index in [2.05, 4.69) is 0 Å². The Morgan fingerprint density at radius 1 is 1.33 bits per heavy atom. The molecule has 0 aliphatic carbocycles. The average Bonchev–Trinajstić information content (AvgIpc) is 2.81. The molecule has 0 bridgehead atoms. The van der Waals surface area contributed by atoms with E-state index >= 15 is 0 Å². The van der Waals surface area contributed by atoms with Crippen molar-refractivity contribution in [1.82, 2.24) is 4.90 Å². The third kappa shape index (κ3) is 2.58. The molecule has 3 rings (SSSR count). The first-order valence-electron chi connectivity index (χ1n) is 7.24. The van der Waals surface area contributed by atoms with Crippen LogP contribution in [0.4, 0.5) is 0 Å². The van der Waals surface area contributed by atoms with Gasteiger partial charge < -0.3 is 9.64 Å². The Bertz CT molecular complexity index is 631. The molecule has 2 heterocycles. The van der Waals surface area contributed by atoms with Crippen LogP contribution in [0, 0.1) is 0 Å². The second-order valence-corrected chi connectivity index (χ2v) is 6.11. The highest BCUT2D eigenvalue weighted by molar-refractivity contribution is 6.00. The van der Waals surface area contributed by atoms with E-state index in [-0.39, 0.29) is 11.7 Å². The Balaban J connectivity index is 1.81. The van der Waals surface area contributed by atoms with Gasteiger partial charge >= 0.3 is 0 Å². The fourth-order valence-electron chi connectivity index (χ4n) is 3.04. The van der Waals surface area contributed by atoms with E-state index < -0.39 is 5.60 Å². The van der Waals surface area contributed by atoms with Crippen molar-refractivity contribution in [2.45, 2.75) is 32.3 Å². The van der Waals surface area contributed by atoms with Gasteiger partial charge in [0.25, 0.3) is 0 Å². The number of nitrogens with zero attached hydrogens (tertiary/aromatic N) is 1. The van der Waals surface area contributed by atoms with Crippen LogP contribution in [0.1, 0.15) is 37.0 Å². The molecule has 110 valence electrons. The molecule has 0 radical (unpaired) electrons. The Morgan fingerprint density at radius 2 is 2.10 bits per heavy atom. The maximum atomic E-state index is 12.3. The third-order valence-corrected chi connectivity index (χ3v) is 4.04. The number of ketones is 1. The van der Waals surface area contributed by atoms with Crippen LogP contribution in [0.2, 0.25) is 0 Å². The molecule has 0 aromatic heterocycles. The lowest BCUT2D eigenvalue weighted by molar-refractivity contribution is -0.125. The van der Waals surface area contributed by atoms with Gasteiger partial charge in [-0.1, -0.05) is 17.7 Å². The standard InChI is InChI=1S/C17H19NO3/c1-12(2)9-16(20)18-8-7-17(11-18)10-14(19)13-5-3-4-6-15(13)21-17/h3-6,9H,7-8,10-11H2,1-2H3. The van der Waals surface area contributed by atoms with E-state index in [0.717, 1.165) is 5.57 Å². The van der Waals surface area contributed by atoms with Crippen molar-refractivity contribution in [3.05, 3.63) is 41.5 Å². The molecule has 1 unspecified atom stereocenters. The van der Waals surface area contributed by atoms with Crippen LogP contribution in [-0.4, -0.2) is 35.3 Å². The van der Waals surface area contributed by atoms with E-state index in [4.69, 9.17) is 4.74 Å². The maximum absolute atomic E-state index is 12.3. The highest BCUT2D eigenvalue weighted by atomic mass is 16.5. The second kappa shape index (κ2) is 5.02. The van der Waals surface area contributed by atoms with Crippen molar-refractivity contribution in [2.24, 2.45) is 0 Å². The monoisotopic (exact) mass is 285 g/mol. The van der Waals surface area contributed by atoms with Crippen molar-refractivity contribution < 1.29 is 14.3 Å². The number of fused-ring (bicyclic) bond motifs is 1. The van der Waals surface area contributed by atoms with Crippen LogP contribution in [0.3, 0.4) is 0 Å². The Kier molecular flexibility index (Phi) is 3.32. The first-order valence-corrected chi connectivity index (χ1v) is 7.24. The second-order valence-electron chi connectivity index (χ2n) is 6.11. The molecule has 2 aliphatic rings. The zero-order valence-corrected chi connectivity index (χ0v) is 12.4. The van der Waals surface area contributed by atoms with Crippen molar-refractivity contribution in [3.8, 4) is 5.75 Å². The van der Waals surface area contributed by atoms with Crippen molar-refractivity contribution in [1.29, 1.82) is 0 Å². The highest BCUT2D eigenvalue weighted by Crippen LogP contribution is 2.38. The molecule has 0 N–H and O–H groups in total. The summed E-state index contributed by atoms with van der Waals surface area (Å²) in [6.45, 7) is 4.93. The number of likely N-dealkylation sites (tertiary alicyclic amines) is 1. The lowest BCUT2D eigenvalue weighted by Gasteiger charge is -2.34. The Hall–Kier alpha value is -2.10. The molecule has 4 nitrogen and oxygen atoms in total. The zero-order valence-electron chi connectivity index (χ0n) is 12.4. The molecule has 2 aliphatic heterocycles. The molecule has 1 atom stereocenters. The van der Waals surface area contributed by atoms with E-state index in [1.165, 1.54) is 0 Å². The third-order valence-electron chi connectivity index (χ3n) is 4.04. The molecule has 1 amide bonds. The van der Waals surface area contributed by atoms with Gasteiger partial charge in [0.15, 0.2) is 5.78 Å². The van der Waals surface area contributed by atoms with Gasteiger partial charge in [0.05, 0.1) is 18.5 Å². The number of hydrogen-bond acceptors (Lipinski definition) is 3. The molecule has 1 aromatic rings. The number of para-hydroxylation sites is 1. The lowest BCUT2D eigenvalue weighted by atomic mass is 9.89.